The van der Waals surface area contributed by atoms with Crippen molar-refractivity contribution in [2.24, 2.45) is 21.5 Å². The summed E-state index contributed by atoms with van der Waals surface area (Å²) in [5.41, 5.74) is 11.6. The van der Waals surface area contributed by atoms with Gasteiger partial charge in [0, 0.05) is 24.9 Å². The molecule has 0 saturated heterocycles. The van der Waals surface area contributed by atoms with Crippen molar-refractivity contribution in [2.45, 2.75) is 25.8 Å². The third-order valence-corrected chi connectivity index (χ3v) is 3.91. The predicted molar refractivity (Wildman–Crippen MR) is 85.4 cm³/mol. The van der Waals surface area contributed by atoms with Crippen molar-refractivity contribution in [1.29, 1.82) is 0 Å². The van der Waals surface area contributed by atoms with Gasteiger partial charge in [0.25, 0.3) is 0 Å². The molecule has 6 nitrogen and oxygen atoms in total. The molecule has 106 valence electrons. The van der Waals surface area contributed by atoms with Crippen LogP contribution in [-0.4, -0.2) is 35.5 Å². The van der Waals surface area contributed by atoms with Crippen LogP contribution in [0.3, 0.4) is 0 Å². The fourth-order valence-electron chi connectivity index (χ4n) is 1.49. The van der Waals surface area contributed by atoms with Crippen molar-refractivity contribution in [3.05, 3.63) is 11.1 Å². The van der Waals surface area contributed by atoms with Gasteiger partial charge in [0.05, 0.1) is 5.69 Å². The highest BCUT2D eigenvalue weighted by Gasteiger charge is 2.11. The van der Waals surface area contributed by atoms with E-state index in [0.29, 0.717) is 11.2 Å². The Morgan fingerprint density at radius 2 is 2.32 bits per heavy atom. The van der Waals surface area contributed by atoms with Crippen LogP contribution in [0.15, 0.2) is 15.4 Å². The Hall–Kier alpha value is -1.28. The summed E-state index contributed by atoms with van der Waals surface area (Å²) in [4.78, 5) is 12.5. The molecule has 0 fully saturated rings. The largest absolute Gasteiger partial charge is 0.370 e. The topological polar surface area (TPSA) is 102 Å². The summed E-state index contributed by atoms with van der Waals surface area (Å²) in [7, 11) is 1.78. The lowest BCUT2D eigenvalue weighted by Crippen LogP contribution is -2.34. The second-order valence-corrected chi connectivity index (χ2v) is 5.48. The lowest BCUT2D eigenvalue weighted by molar-refractivity contribution is 0.582. The zero-order valence-electron chi connectivity index (χ0n) is 11.4. The lowest BCUT2D eigenvalue weighted by Gasteiger charge is -2.17. The Bertz CT molecular complexity index is 450. The van der Waals surface area contributed by atoms with Crippen LogP contribution in [0.5, 0.6) is 0 Å². The van der Waals surface area contributed by atoms with E-state index in [1.807, 2.05) is 11.6 Å². The van der Waals surface area contributed by atoms with Crippen LogP contribution >= 0.6 is 23.1 Å². The van der Waals surface area contributed by atoms with Crippen LogP contribution in [0.1, 0.15) is 19.0 Å². The van der Waals surface area contributed by atoms with E-state index in [1.165, 1.54) is 11.3 Å². The molecule has 1 atom stereocenters. The van der Waals surface area contributed by atoms with Gasteiger partial charge in [-0.2, -0.15) is 4.99 Å². The zero-order valence-corrected chi connectivity index (χ0v) is 13.0. The van der Waals surface area contributed by atoms with Crippen LogP contribution in [0.4, 0.5) is 5.13 Å². The van der Waals surface area contributed by atoms with E-state index in [9.17, 15) is 0 Å². The zero-order chi connectivity index (χ0) is 14.3. The van der Waals surface area contributed by atoms with Crippen LogP contribution in [0, 0.1) is 0 Å². The minimum absolute atomic E-state index is 0.0360. The number of guanidine groups is 1. The van der Waals surface area contributed by atoms with Crippen molar-refractivity contribution >= 4 is 39.4 Å². The van der Waals surface area contributed by atoms with Gasteiger partial charge in [-0.15, -0.1) is 11.3 Å². The highest BCUT2D eigenvalue weighted by atomic mass is 32.2. The number of aliphatic imine (C=N–C) groups is 2. The monoisotopic (exact) mass is 300 g/mol. The van der Waals surface area contributed by atoms with Gasteiger partial charge in [0.1, 0.15) is 0 Å². The summed E-state index contributed by atoms with van der Waals surface area (Å²) in [6.45, 7) is 2.13. The van der Waals surface area contributed by atoms with Gasteiger partial charge in [-0.1, -0.05) is 18.7 Å². The Labute approximate surface area is 121 Å². The normalized spacial score (nSPS) is 13.1. The number of thiazole rings is 1. The van der Waals surface area contributed by atoms with Gasteiger partial charge in [-0.3, -0.25) is 4.99 Å². The SMILES string of the molecule is CCC(Cc1csc(N=C(N)N)n1)NC(=NC)SC. The number of rotatable bonds is 5. The molecular formula is C11H20N6S2. The first-order chi connectivity index (χ1) is 9.08. The summed E-state index contributed by atoms with van der Waals surface area (Å²) in [6.07, 6.45) is 3.82. The third kappa shape index (κ3) is 5.48. The highest BCUT2D eigenvalue weighted by molar-refractivity contribution is 8.13. The quantitative estimate of drug-likeness (QED) is 0.562. The van der Waals surface area contributed by atoms with Gasteiger partial charge in [0.2, 0.25) is 5.13 Å². The fraction of sp³-hybridized carbons (Fsp3) is 0.545. The van der Waals surface area contributed by atoms with Crippen LogP contribution in [0.2, 0.25) is 0 Å². The van der Waals surface area contributed by atoms with Crippen molar-refractivity contribution < 1.29 is 0 Å². The molecule has 0 spiro atoms. The molecule has 0 aromatic carbocycles. The molecule has 19 heavy (non-hydrogen) atoms. The Kier molecular flexibility index (Phi) is 6.65. The lowest BCUT2D eigenvalue weighted by atomic mass is 10.1. The average Bonchev–Trinajstić information content (AvgIpc) is 2.80. The maximum Gasteiger partial charge on any atom is 0.212 e. The predicted octanol–water partition coefficient (Wildman–Crippen LogP) is 1.31. The number of aromatic nitrogens is 1. The van der Waals surface area contributed by atoms with Crippen LogP contribution < -0.4 is 16.8 Å². The molecule has 1 heterocycles. The summed E-state index contributed by atoms with van der Waals surface area (Å²) >= 11 is 3.04. The van der Waals surface area contributed by atoms with Gasteiger partial charge >= 0.3 is 0 Å². The van der Waals surface area contributed by atoms with E-state index < -0.39 is 0 Å². The first-order valence-corrected chi connectivity index (χ1v) is 8.00. The minimum Gasteiger partial charge on any atom is -0.370 e. The maximum absolute atomic E-state index is 5.33. The van der Waals surface area contributed by atoms with E-state index in [2.05, 4.69) is 27.2 Å². The maximum atomic E-state index is 5.33. The molecule has 8 heteroatoms. The molecule has 0 aliphatic heterocycles. The number of hydrogen-bond acceptors (Lipinski definition) is 5. The van der Waals surface area contributed by atoms with Crippen molar-refractivity contribution in [1.82, 2.24) is 10.3 Å². The Balaban J connectivity index is 2.65. The number of thioether (sulfide) groups is 1. The number of hydrogen-bond donors (Lipinski definition) is 3. The first kappa shape index (κ1) is 15.8. The van der Waals surface area contributed by atoms with E-state index in [0.717, 1.165) is 23.7 Å². The van der Waals surface area contributed by atoms with Crippen LogP contribution in [0.25, 0.3) is 0 Å². The molecule has 1 aromatic rings. The van der Waals surface area contributed by atoms with Crippen molar-refractivity contribution in [3.8, 4) is 0 Å². The molecule has 0 aliphatic rings. The van der Waals surface area contributed by atoms with Crippen LogP contribution in [-0.2, 0) is 6.42 Å². The molecule has 1 rings (SSSR count). The molecule has 5 N–H and O–H groups in total. The van der Waals surface area contributed by atoms with Gasteiger partial charge in [-0.25, -0.2) is 4.98 Å². The third-order valence-electron chi connectivity index (χ3n) is 2.44. The average molecular weight is 300 g/mol. The summed E-state index contributed by atoms with van der Waals surface area (Å²) < 4.78 is 0. The van der Waals surface area contributed by atoms with Gasteiger partial charge in [-0.05, 0) is 12.7 Å². The number of nitrogens with zero attached hydrogens (tertiary/aromatic N) is 3. The summed E-state index contributed by atoms with van der Waals surface area (Å²) in [6, 6.07) is 0.306. The molecule has 1 aromatic heterocycles. The fourth-order valence-corrected chi connectivity index (χ4v) is 2.68. The van der Waals surface area contributed by atoms with E-state index in [1.54, 1.807) is 18.8 Å². The van der Waals surface area contributed by atoms with Gasteiger partial charge in [0.15, 0.2) is 11.1 Å². The number of amidine groups is 1. The smallest absolute Gasteiger partial charge is 0.212 e. The Morgan fingerprint density at radius 3 is 2.84 bits per heavy atom. The number of nitrogens with one attached hydrogen (secondary N) is 1. The highest BCUT2D eigenvalue weighted by Crippen LogP contribution is 2.20. The summed E-state index contributed by atoms with van der Waals surface area (Å²) in [5, 5.41) is 6.91. The number of nitrogens with two attached hydrogens (primary N) is 2. The second-order valence-electron chi connectivity index (χ2n) is 3.84. The summed E-state index contributed by atoms with van der Waals surface area (Å²) in [5.74, 6) is 0.0360. The van der Waals surface area contributed by atoms with E-state index in [-0.39, 0.29) is 5.96 Å². The molecule has 0 bridgehead atoms. The molecule has 1 unspecified atom stereocenters. The standard InChI is InChI=1S/C11H20N6S2/c1-4-7(15-10(14-2)18-3)5-8-6-19-11(16-8)17-9(12)13/h6-7H,4-5H2,1-3H3,(H,14,15)(H4,12,13,16,17). The first-order valence-electron chi connectivity index (χ1n) is 5.90. The molecule has 0 aliphatic carbocycles. The molecular weight excluding hydrogens is 280 g/mol. The minimum atomic E-state index is 0.0360. The van der Waals surface area contributed by atoms with Crippen molar-refractivity contribution in [2.75, 3.05) is 13.3 Å². The second kappa shape index (κ2) is 8.00. The van der Waals surface area contributed by atoms with Gasteiger partial charge < -0.3 is 16.8 Å². The van der Waals surface area contributed by atoms with E-state index >= 15 is 0 Å². The van der Waals surface area contributed by atoms with E-state index in [4.69, 9.17) is 11.5 Å². The Morgan fingerprint density at radius 1 is 1.58 bits per heavy atom. The molecule has 0 amide bonds. The van der Waals surface area contributed by atoms with Crippen molar-refractivity contribution in [3.63, 3.8) is 0 Å². The molecule has 0 radical (unpaired) electrons. The molecule has 0 saturated carbocycles.